The number of carbonyl (C=O) groups excluding carboxylic acids is 2. The molecule has 2 aliphatic rings. The Morgan fingerprint density at radius 2 is 1.86 bits per heavy atom. The second-order valence-electron chi connectivity index (χ2n) is 6.80. The average molecular weight is 436 g/mol. The lowest BCUT2D eigenvalue weighted by atomic mass is 10.1. The molecule has 0 atom stereocenters. The van der Waals surface area contributed by atoms with Crippen LogP contribution in [-0.2, 0) is 9.59 Å². The van der Waals surface area contributed by atoms with Gasteiger partial charge in [-0.3, -0.25) is 14.5 Å². The summed E-state index contributed by atoms with van der Waals surface area (Å²) in [7, 11) is 0. The zero-order valence-corrected chi connectivity index (χ0v) is 17.0. The predicted octanol–water partition coefficient (Wildman–Crippen LogP) is 2.44. The lowest BCUT2D eigenvalue weighted by Gasteiger charge is -2.36. The summed E-state index contributed by atoms with van der Waals surface area (Å²) in [6, 6.07) is 7.47. The molecule has 2 aliphatic heterocycles. The summed E-state index contributed by atoms with van der Waals surface area (Å²) in [4.78, 5) is 32.4. The van der Waals surface area contributed by atoms with Gasteiger partial charge in [-0.25, -0.2) is 9.29 Å². The van der Waals surface area contributed by atoms with Crippen LogP contribution in [-0.4, -0.2) is 66.1 Å². The van der Waals surface area contributed by atoms with Crippen molar-refractivity contribution >= 4 is 46.0 Å². The Balaban J connectivity index is 1.71. The average Bonchev–Trinajstić information content (AvgIpc) is 3.31. The van der Waals surface area contributed by atoms with Crippen LogP contribution in [0.5, 0.6) is 0 Å². The number of amides is 2. The van der Waals surface area contributed by atoms with Crippen LogP contribution < -0.4 is 4.90 Å². The lowest BCUT2D eigenvalue weighted by molar-refractivity contribution is -0.120. The molecule has 0 spiro atoms. The summed E-state index contributed by atoms with van der Waals surface area (Å²) in [5.41, 5.74) is 0.969. The fraction of sp³-hybridized carbons (Fsp3) is 0.300. The van der Waals surface area contributed by atoms with Crippen LogP contribution in [0, 0.1) is 5.82 Å². The molecule has 9 heteroatoms. The summed E-state index contributed by atoms with van der Waals surface area (Å²) in [5.74, 6) is -1.48. The molecule has 0 aliphatic carbocycles. The molecule has 3 heterocycles. The molecule has 6 nitrogen and oxygen atoms in total. The summed E-state index contributed by atoms with van der Waals surface area (Å²) in [6.45, 7) is 3.18. The van der Waals surface area contributed by atoms with E-state index in [0.717, 1.165) is 11.0 Å². The molecule has 1 fully saturated rings. The van der Waals surface area contributed by atoms with Crippen molar-refractivity contribution in [2.24, 2.45) is 0 Å². The molecule has 0 radical (unpaired) electrons. The van der Waals surface area contributed by atoms with Crippen molar-refractivity contribution in [1.29, 1.82) is 0 Å². The van der Waals surface area contributed by atoms with E-state index in [1.807, 2.05) is 22.4 Å². The van der Waals surface area contributed by atoms with Gasteiger partial charge in [-0.2, -0.15) is 0 Å². The maximum atomic E-state index is 13.6. The van der Waals surface area contributed by atoms with E-state index in [4.69, 9.17) is 16.7 Å². The Kier molecular flexibility index (Phi) is 5.69. The van der Waals surface area contributed by atoms with E-state index in [1.165, 1.54) is 23.5 Å². The third-order valence-electron chi connectivity index (χ3n) is 5.09. The highest BCUT2D eigenvalue weighted by molar-refractivity contribution is 7.11. The van der Waals surface area contributed by atoms with Gasteiger partial charge in [0.2, 0.25) is 0 Å². The van der Waals surface area contributed by atoms with Gasteiger partial charge in [0.15, 0.2) is 0 Å². The molecule has 2 amide bonds. The Morgan fingerprint density at radius 3 is 2.48 bits per heavy atom. The lowest BCUT2D eigenvalue weighted by Crippen LogP contribution is -2.48. The first kappa shape index (κ1) is 20.0. The zero-order valence-electron chi connectivity index (χ0n) is 15.5. The number of halogens is 2. The molecule has 0 saturated carbocycles. The van der Waals surface area contributed by atoms with Crippen LogP contribution in [0.25, 0.3) is 5.57 Å². The van der Waals surface area contributed by atoms with E-state index in [9.17, 15) is 14.0 Å². The molecule has 152 valence electrons. The molecule has 29 heavy (non-hydrogen) atoms. The molecule has 2 aromatic rings. The number of hydrogen-bond donors (Lipinski definition) is 1. The number of aliphatic hydroxyl groups is 1. The molecule has 0 bridgehead atoms. The van der Waals surface area contributed by atoms with E-state index < -0.39 is 17.6 Å². The smallest absolute Gasteiger partial charge is 0.282 e. The summed E-state index contributed by atoms with van der Waals surface area (Å²) >= 11 is 7.27. The number of hydrogen-bond acceptors (Lipinski definition) is 6. The number of benzene rings is 1. The summed E-state index contributed by atoms with van der Waals surface area (Å²) in [5, 5.41) is 10.8. The highest BCUT2D eigenvalue weighted by Gasteiger charge is 2.43. The van der Waals surface area contributed by atoms with Crippen molar-refractivity contribution in [1.82, 2.24) is 9.80 Å². The first-order valence-corrected chi connectivity index (χ1v) is 10.5. The van der Waals surface area contributed by atoms with Gasteiger partial charge < -0.3 is 10.0 Å². The van der Waals surface area contributed by atoms with Crippen LogP contribution >= 0.6 is 22.9 Å². The normalized spacial score (nSPS) is 18.3. The van der Waals surface area contributed by atoms with Crippen LogP contribution in [0.2, 0.25) is 5.02 Å². The fourth-order valence-electron chi connectivity index (χ4n) is 3.65. The SMILES string of the molecule is O=C1C(c2cccs2)=C(N2CCN(CCO)CC2)C(=O)N1c1ccc(F)c(Cl)c1. The van der Waals surface area contributed by atoms with E-state index in [-0.39, 0.29) is 17.3 Å². The largest absolute Gasteiger partial charge is 0.395 e. The number of piperazine rings is 1. The minimum absolute atomic E-state index is 0.0830. The van der Waals surface area contributed by atoms with Crippen molar-refractivity contribution < 1.29 is 19.1 Å². The topological polar surface area (TPSA) is 64.1 Å². The Bertz CT molecular complexity index is 971. The van der Waals surface area contributed by atoms with Gasteiger partial charge >= 0.3 is 0 Å². The number of nitrogens with zero attached hydrogens (tertiary/aromatic N) is 3. The Hall–Kier alpha value is -2.26. The minimum Gasteiger partial charge on any atom is -0.395 e. The number of imide groups is 1. The van der Waals surface area contributed by atoms with Crippen molar-refractivity contribution in [2.75, 3.05) is 44.2 Å². The van der Waals surface area contributed by atoms with Crippen molar-refractivity contribution in [2.45, 2.75) is 0 Å². The van der Waals surface area contributed by atoms with Crippen LogP contribution in [0.4, 0.5) is 10.1 Å². The minimum atomic E-state index is -0.610. The van der Waals surface area contributed by atoms with Crippen molar-refractivity contribution in [3.8, 4) is 0 Å². The molecule has 4 rings (SSSR count). The van der Waals surface area contributed by atoms with E-state index >= 15 is 0 Å². The molecule has 1 aromatic heterocycles. The van der Waals surface area contributed by atoms with Gasteiger partial charge in [0.1, 0.15) is 11.5 Å². The summed E-state index contributed by atoms with van der Waals surface area (Å²) < 4.78 is 13.6. The number of anilines is 1. The number of rotatable bonds is 5. The molecular weight excluding hydrogens is 417 g/mol. The van der Waals surface area contributed by atoms with Gasteiger partial charge in [0.05, 0.1) is 22.9 Å². The van der Waals surface area contributed by atoms with E-state index in [0.29, 0.717) is 48.9 Å². The zero-order chi connectivity index (χ0) is 20.5. The highest BCUT2D eigenvalue weighted by Crippen LogP contribution is 2.37. The van der Waals surface area contributed by atoms with Crippen LogP contribution in [0.1, 0.15) is 4.88 Å². The monoisotopic (exact) mass is 435 g/mol. The third-order valence-corrected chi connectivity index (χ3v) is 6.27. The Labute approximate surface area is 176 Å². The number of β-amino-alcohol motifs (C(OH)–C–C–N with tert-alkyl or cyclic N) is 1. The van der Waals surface area contributed by atoms with Crippen LogP contribution in [0.3, 0.4) is 0 Å². The second-order valence-corrected chi connectivity index (χ2v) is 8.15. The first-order valence-electron chi connectivity index (χ1n) is 9.21. The maximum Gasteiger partial charge on any atom is 0.282 e. The fourth-order valence-corrected chi connectivity index (χ4v) is 4.59. The van der Waals surface area contributed by atoms with Gasteiger partial charge in [0, 0.05) is 37.6 Å². The van der Waals surface area contributed by atoms with Gasteiger partial charge in [0.25, 0.3) is 11.8 Å². The molecule has 1 N–H and O–H groups in total. The molecular formula is C20H19ClFN3O3S. The van der Waals surface area contributed by atoms with Gasteiger partial charge in [-0.05, 0) is 29.6 Å². The molecule has 1 saturated heterocycles. The van der Waals surface area contributed by atoms with E-state index in [1.54, 1.807) is 0 Å². The number of aliphatic hydroxyl groups excluding tert-OH is 1. The van der Waals surface area contributed by atoms with Crippen molar-refractivity contribution in [3.05, 3.63) is 57.1 Å². The first-order chi connectivity index (χ1) is 14.0. The van der Waals surface area contributed by atoms with Crippen LogP contribution in [0.15, 0.2) is 41.4 Å². The van der Waals surface area contributed by atoms with Gasteiger partial charge in [-0.1, -0.05) is 17.7 Å². The molecule has 1 aromatic carbocycles. The second kappa shape index (κ2) is 8.23. The maximum absolute atomic E-state index is 13.6. The van der Waals surface area contributed by atoms with Crippen molar-refractivity contribution in [3.63, 3.8) is 0 Å². The van der Waals surface area contributed by atoms with E-state index in [2.05, 4.69) is 4.90 Å². The Morgan fingerprint density at radius 1 is 1.10 bits per heavy atom. The standard InChI is InChI=1S/C20H19ClFN3O3S/c21-14-12-13(3-4-15(14)22)25-19(27)17(16-2-1-11-29-16)18(20(25)28)24-7-5-23(6-8-24)9-10-26/h1-4,11-12,26H,5-10H2. The quantitative estimate of drug-likeness (QED) is 0.731. The number of carbonyl (C=O) groups is 2. The third kappa shape index (κ3) is 3.69. The number of thiophene rings is 1. The van der Waals surface area contributed by atoms with Gasteiger partial charge in [-0.15, -0.1) is 11.3 Å². The molecule has 0 unspecified atom stereocenters. The summed E-state index contributed by atoms with van der Waals surface area (Å²) in [6.07, 6.45) is 0. The predicted molar refractivity (Wildman–Crippen MR) is 110 cm³/mol. The highest BCUT2D eigenvalue weighted by atomic mass is 35.5.